The van der Waals surface area contributed by atoms with E-state index in [4.69, 9.17) is 11.0 Å². The predicted molar refractivity (Wildman–Crippen MR) is 74.1 cm³/mol. The third-order valence-corrected chi connectivity index (χ3v) is 2.97. The van der Waals surface area contributed by atoms with Crippen LogP contribution in [-0.4, -0.2) is 35.2 Å². The van der Waals surface area contributed by atoms with Gasteiger partial charge in [0, 0.05) is 25.2 Å². The fourth-order valence-electron chi connectivity index (χ4n) is 1.98. The van der Waals surface area contributed by atoms with E-state index in [-0.39, 0.29) is 0 Å². The number of nitriles is 1. The lowest BCUT2D eigenvalue weighted by Crippen LogP contribution is -2.25. The van der Waals surface area contributed by atoms with Crippen molar-refractivity contribution < 1.29 is 0 Å². The van der Waals surface area contributed by atoms with Gasteiger partial charge in [-0.05, 0) is 24.7 Å². The van der Waals surface area contributed by atoms with Crippen LogP contribution in [0.25, 0.3) is 11.3 Å². The van der Waals surface area contributed by atoms with Gasteiger partial charge in [-0.1, -0.05) is 12.1 Å². The summed E-state index contributed by atoms with van der Waals surface area (Å²) in [6.07, 6.45) is 1.83. The van der Waals surface area contributed by atoms with Crippen LogP contribution in [0.4, 0.5) is 0 Å². The number of likely N-dealkylation sites (N-methyl/N-ethyl adjacent to an activating group) is 1. The number of aromatic amines is 1. The lowest BCUT2D eigenvalue weighted by Gasteiger charge is -2.15. The molecule has 0 saturated carbocycles. The van der Waals surface area contributed by atoms with Crippen molar-refractivity contribution >= 4 is 0 Å². The van der Waals surface area contributed by atoms with Gasteiger partial charge in [0.25, 0.3) is 0 Å². The lowest BCUT2D eigenvalue weighted by molar-refractivity contribution is 0.337. The summed E-state index contributed by atoms with van der Waals surface area (Å²) in [7, 11) is 2.03. The zero-order chi connectivity index (χ0) is 13.7. The SMILES string of the molecule is CN(CCN)Cc1cn[nH]c1-c1ccc(C#N)cc1. The molecule has 0 aliphatic heterocycles. The molecule has 5 nitrogen and oxygen atoms in total. The van der Waals surface area contributed by atoms with Crippen molar-refractivity contribution in [3.8, 4) is 17.3 Å². The number of H-pyrrole nitrogens is 1. The highest BCUT2D eigenvalue weighted by Crippen LogP contribution is 2.22. The van der Waals surface area contributed by atoms with E-state index in [2.05, 4.69) is 21.2 Å². The van der Waals surface area contributed by atoms with Crippen LogP contribution in [0.1, 0.15) is 11.1 Å². The Morgan fingerprint density at radius 1 is 1.37 bits per heavy atom. The summed E-state index contributed by atoms with van der Waals surface area (Å²) < 4.78 is 0. The molecule has 0 bridgehead atoms. The molecule has 0 amide bonds. The van der Waals surface area contributed by atoms with Crippen LogP contribution in [0.2, 0.25) is 0 Å². The van der Waals surface area contributed by atoms with E-state index >= 15 is 0 Å². The Hall–Kier alpha value is -2.16. The maximum absolute atomic E-state index is 8.80. The number of hydrogen-bond acceptors (Lipinski definition) is 4. The standard InChI is InChI=1S/C14H17N5/c1-19(7-6-15)10-13-9-17-18-14(13)12-4-2-11(8-16)3-5-12/h2-5,9H,6-7,10,15H2,1H3,(H,17,18). The molecule has 0 aliphatic rings. The molecule has 5 heteroatoms. The third kappa shape index (κ3) is 3.19. The largest absolute Gasteiger partial charge is 0.329 e. The number of rotatable bonds is 5. The van der Waals surface area contributed by atoms with Crippen LogP contribution in [0, 0.1) is 11.3 Å². The molecule has 3 N–H and O–H groups in total. The van der Waals surface area contributed by atoms with Crippen molar-refractivity contribution in [1.29, 1.82) is 5.26 Å². The zero-order valence-corrected chi connectivity index (χ0v) is 10.9. The van der Waals surface area contributed by atoms with Crippen LogP contribution in [-0.2, 0) is 6.54 Å². The van der Waals surface area contributed by atoms with E-state index in [9.17, 15) is 0 Å². The highest BCUT2D eigenvalue weighted by Gasteiger charge is 2.09. The highest BCUT2D eigenvalue weighted by molar-refractivity contribution is 5.63. The van der Waals surface area contributed by atoms with Crippen molar-refractivity contribution in [3.63, 3.8) is 0 Å². The first-order valence-corrected chi connectivity index (χ1v) is 6.16. The Balaban J connectivity index is 2.21. The fraction of sp³-hybridized carbons (Fsp3) is 0.286. The van der Waals surface area contributed by atoms with E-state index in [1.165, 1.54) is 0 Å². The van der Waals surface area contributed by atoms with Gasteiger partial charge in [0.1, 0.15) is 0 Å². The Labute approximate surface area is 112 Å². The van der Waals surface area contributed by atoms with Crippen molar-refractivity contribution in [3.05, 3.63) is 41.6 Å². The van der Waals surface area contributed by atoms with E-state index < -0.39 is 0 Å². The summed E-state index contributed by atoms with van der Waals surface area (Å²) in [5.41, 5.74) is 9.36. The van der Waals surface area contributed by atoms with Crippen molar-refractivity contribution in [2.75, 3.05) is 20.1 Å². The number of nitrogens with two attached hydrogens (primary N) is 1. The number of nitrogens with one attached hydrogen (secondary N) is 1. The molecule has 0 saturated heterocycles. The summed E-state index contributed by atoms with van der Waals surface area (Å²) in [4.78, 5) is 2.15. The summed E-state index contributed by atoms with van der Waals surface area (Å²) in [6.45, 7) is 2.28. The summed E-state index contributed by atoms with van der Waals surface area (Å²) in [5.74, 6) is 0. The second kappa shape index (κ2) is 6.14. The Bertz CT molecular complexity index is 564. The van der Waals surface area contributed by atoms with Crippen LogP contribution in [0.5, 0.6) is 0 Å². The second-order valence-corrected chi connectivity index (χ2v) is 4.49. The lowest BCUT2D eigenvalue weighted by atomic mass is 10.1. The Morgan fingerprint density at radius 2 is 2.11 bits per heavy atom. The van der Waals surface area contributed by atoms with Gasteiger partial charge in [-0.2, -0.15) is 10.4 Å². The molecule has 0 fully saturated rings. The van der Waals surface area contributed by atoms with Crippen LogP contribution in [0.15, 0.2) is 30.5 Å². The minimum atomic E-state index is 0.639. The Morgan fingerprint density at radius 3 is 2.74 bits per heavy atom. The van der Waals surface area contributed by atoms with Gasteiger partial charge in [-0.15, -0.1) is 0 Å². The molecule has 0 aliphatic carbocycles. The molecule has 1 aromatic heterocycles. The molecule has 0 atom stereocenters. The average Bonchev–Trinajstić information content (AvgIpc) is 2.87. The van der Waals surface area contributed by atoms with Crippen LogP contribution < -0.4 is 5.73 Å². The van der Waals surface area contributed by atoms with Gasteiger partial charge in [0.2, 0.25) is 0 Å². The summed E-state index contributed by atoms with van der Waals surface area (Å²) in [5, 5.41) is 15.9. The monoisotopic (exact) mass is 255 g/mol. The number of benzene rings is 1. The van der Waals surface area contributed by atoms with Crippen molar-refractivity contribution in [2.45, 2.75) is 6.54 Å². The van der Waals surface area contributed by atoms with Crippen molar-refractivity contribution in [2.24, 2.45) is 5.73 Å². The van der Waals surface area contributed by atoms with Gasteiger partial charge in [-0.25, -0.2) is 0 Å². The molecular formula is C14H17N5. The Kier molecular flexibility index (Phi) is 4.29. The summed E-state index contributed by atoms with van der Waals surface area (Å²) >= 11 is 0. The number of nitrogens with zero attached hydrogens (tertiary/aromatic N) is 3. The molecule has 0 spiro atoms. The second-order valence-electron chi connectivity index (χ2n) is 4.49. The minimum absolute atomic E-state index is 0.639. The van der Waals surface area contributed by atoms with Gasteiger partial charge in [0.15, 0.2) is 0 Å². The third-order valence-electron chi connectivity index (χ3n) is 2.97. The van der Waals surface area contributed by atoms with E-state index in [1.54, 1.807) is 0 Å². The first-order chi connectivity index (χ1) is 9.24. The first-order valence-electron chi connectivity index (χ1n) is 6.16. The van der Waals surface area contributed by atoms with E-state index in [1.807, 2.05) is 37.5 Å². The maximum atomic E-state index is 8.80. The van der Waals surface area contributed by atoms with E-state index in [0.717, 1.165) is 29.9 Å². The van der Waals surface area contributed by atoms with Gasteiger partial charge in [0.05, 0.1) is 23.5 Å². The quantitative estimate of drug-likeness (QED) is 0.844. The maximum Gasteiger partial charge on any atom is 0.0991 e. The van der Waals surface area contributed by atoms with E-state index in [0.29, 0.717) is 12.1 Å². The van der Waals surface area contributed by atoms with Gasteiger partial charge < -0.3 is 10.6 Å². The smallest absolute Gasteiger partial charge is 0.0991 e. The van der Waals surface area contributed by atoms with Gasteiger partial charge in [-0.3, -0.25) is 5.10 Å². The minimum Gasteiger partial charge on any atom is -0.329 e. The predicted octanol–water partition coefficient (Wildman–Crippen LogP) is 1.34. The zero-order valence-electron chi connectivity index (χ0n) is 10.9. The average molecular weight is 255 g/mol. The van der Waals surface area contributed by atoms with Crippen LogP contribution >= 0.6 is 0 Å². The molecule has 2 aromatic rings. The van der Waals surface area contributed by atoms with Gasteiger partial charge >= 0.3 is 0 Å². The molecule has 19 heavy (non-hydrogen) atoms. The molecule has 1 aromatic carbocycles. The molecule has 0 unspecified atom stereocenters. The number of aromatic nitrogens is 2. The topological polar surface area (TPSA) is 81.7 Å². The fourth-order valence-corrected chi connectivity index (χ4v) is 1.98. The highest BCUT2D eigenvalue weighted by atomic mass is 15.1. The molecular weight excluding hydrogens is 238 g/mol. The molecule has 0 radical (unpaired) electrons. The summed E-state index contributed by atoms with van der Waals surface area (Å²) in [6, 6.07) is 9.59. The van der Waals surface area contributed by atoms with Crippen molar-refractivity contribution in [1.82, 2.24) is 15.1 Å². The van der Waals surface area contributed by atoms with Crippen LogP contribution in [0.3, 0.4) is 0 Å². The molecule has 98 valence electrons. The molecule has 2 rings (SSSR count). The first kappa shape index (κ1) is 13.3. The number of hydrogen-bond donors (Lipinski definition) is 2. The normalized spacial score (nSPS) is 10.6. The molecule has 1 heterocycles.